The summed E-state index contributed by atoms with van der Waals surface area (Å²) < 4.78 is 14.0. The number of carbonyl (C=O) groups is 2. The Morgan fingerprint density at radius 1 is 1.10 bits per heavy atom. The van der Waals surface area contributed by atoms with Gasteiger partial charge in [0.25, 0.3) is 0 Å². The Balaban J connectivity index is 1.28. The predicted octanol–water partition coefficient (Wildman–Crippen LogP) is 3.73. The van der Waals surface area contributed by atoms with E-state index in [1.165, 1.54) is 29.4 Å². The van der Waals surface area contributed by atoms with E-state index in [-0.39, 0.29) is 30.5 Å². The van der Waals surface area contributed by atoms with E-state index in [4.69, 9.17) is 0 Å². The summed E-state index contributed by atoms with van der Waals surface area (Å²) in [7, 11) is 0. The second kappa shape index (κ2) is 9.60. The first kappa shape index (κ1) is 21.5. The smallest absolute Gasteiger partial charge is 0.227 e. The number of halogens is 1. The molecule has 0 bridgehead atoms. The van der Waals surface area contributed by atoms with E-state index in [1.54, 1.807) is 18.2 Å². The van der Waals surface area contributed by atoms with Crippen LogP contribution in [0.3, 0.4) is 0 Å². The SMILES string of the molecule is CC1CCCN(Cc2ccc(CNC(=O)C3CC(=O)N(c4ccccc4F)C3)cc2)C1. The van der Waals surface area contributed by atoms with E-state index in [9.17, 15) is 14.0 Å². The molecule has 0 aromatic heterocycles. The van der Waals surface area contributed by atoms with Crippen molar-refractivity contribution in [3.05, 3.63) is 65.5 Å². The molecular formula is C25H30FN3O2. The molecule has 6 heteroatoms. The number of nitrogens with zero attached hydrogens (tertiary/aromatic N) is 2. The molecule has 2 aromatic rings. The van der Waals surface area contributed by atoms with Gasteiger partial charge >= 0.3 is 0 Å². The predicted molar refractivity (Wildman–Crippen MR) is 119 cm³/mol. The molecule has 2 aromatic carbocycles. The highest BCUT2D eigenvalue weighted by Gasteiger charge is 2.35. The molecule has 2 saturated heterocycles. The number of carbonyl (C=O) groups excluding carboxylic acids is 2. The van der Waals surface area contributed by atoms with Crippen molar-refractivity contribution in [1.82, 2.24) is 10.2 Å². The van der Waals surface area contributed by atoms with E-state index in [0.29, 0.717) is 6.54 Å². The van der Waals surface area contributed by atoms with E-state index < -0.39 is 11.7 Å². The molecule has 2 unspecified atom stereocenters. The molecule has 31 heavy (non-hydrogen) atoms. The van der Waals surface area contributed by atoms with Crippen LogP contribution in [-0.2, 0) is 22.7 Å². The number of rotatable bonds is 6. The Morgan fingerprint density at radius 2 is 1.84 bits per heavy atom. The van der Waals surface area contributed by atoms with Crippen LogP contribution in [0.2, 0.25) is 0 Å². The maximum absolute atomic E-state index is 14.0. The van der Waals surface area contributed by atoms with Gasteiger partial charge in [-0.2, -0.15) is 0 Å². The molecule has 1 N–H and O–H groups in total. The molecule has 2 atom stereocenters. The topological polar surface area (TPSA) is 52.7 Å². The van der Waals surface area contributed by atoms with Gasteiger partial charge in [0.2, 0.25) is 11.8 Å². The van der Waals surface area contributed by atoms with Crippen molar-refractivity contribution in [2.75, 3.05) is 24.5 Å². The molecule has 0 saturated carbocycles. The van der Waals surface area contributed by atoms with Gasteiger partial charge < -0.3 is 10.2 Å². The number of piperidine rings is 1. The normalized spacial score (nSPS) is 22.0. The summed E-state index contributed by atoms with van der Waals surface area (Å²) in [4.78, 5) is 28.8. The number of para-hydroxylation sites is 1. The summed E-state index contributed by atoms with van der Waals surface area (Å²) >= 11 is 0. The number of nitrogens with one attached hydrogen (secondary N) is 1. The van der Waals surface area contributed by atoms with Crippen molar-refractivity contribution < 1.29 is 14.0 Å². The van der Waals surface area contributed by atoms with Gasteiger partial charge in [0, 0.05) is 32.6 Å². The molecular weight excluding hydrogens is 393 g/mol. The van der Waals surface area contributed by atoms with Crippen LogP contribution in [0.15, 0.2) is 48.5 Å². The highest BCUT2D eigenvalue weighted by Crippen LogP contribution is 2.27. The largest absolute Gasteiger partial charge is 0.352 e. The minimum atomic E-state index is -0.465. The first-order valence-electron chi connectivity index (χ1n) is 11.1. The summed E-state index contributed by atoms with van der Waals surface area (Å²) in [6.07, 6.45) is 2.69. The monoisotopic (exact) mass is 423 g/mol. The third-order valence-corrected chi connectivity index (χ3v) is 6.28. The van der Waals surface area contributed by atoms with Crippen molar-refractivity contribution in [3.8, 4) is 0 Å². The fourth-order valence-corrected chi connectivity index (χ4v) is 4.57. The molecule has 5 nitrogen and oxygen atoms in total. The lowest BCUT2D eigenvalue weighted by Gasteiger charge is -2.30. The van der Waals surface area contributed by atoms with Crippen LogP contribution in [0.4, 0.5) is 10.1 Å². The Bertz CT molecular complexity index is 931. The highest BCUT2D eigenvalue weighted by atomic mass is 19.1. The highest BCUT2D eigenvalue weighted by molar-refractivity contribution is 6.00. The number of likely N-dealkylation sites (tertiary alicyclic amines) is 1. The average molecular weight is 424 g/mol. The molecule has 4 rings (SSSR count). The lowest BCUT2D eigenvalue weighted by molar-refractivity contribution is -0.126. The Morgan fingerprint density at radius 3 is 2.58 bits per heavy atom. The summed E-state index contributed by atoms with van der Waals surface area (Å²) in [6, 6.07) is 14.5. The summed E-state index contributed by atoms with van der Waals surface area (Å²) in [5, 5.41) is 2.93. The molecule has 164 valence electrons. The van der Waals surface area contributed by atoms with Crippen molar-refractivity contribution in [2.24, 2.45) is 11.8 Å². The zero-order valence-electron chi connectivity index (χ0n) is 18.0. The summed E-state index contributed by atoms with van der Waals surface area (Å²) in [6.45, 7) is 6.22. The molecule has 0 spiro atoms. The van der Waals surface area contributed by atoms with Crippen LogP contribution in [0.5, 0.6) is 0 Å². The van der Waals surface area contributed by atoms with Crippen molar-refractivity contribution >= 4 is 17.5 Å². The Labute approximate surface area is 183 Å². The zero-order chi connectivity index (χ0) is 21.8. The number of anilines is 1. The standard InChI is InChI=1S/C25H30FN3O2/c1-18-5-4-12-28(15-18)16-20-10-8-19(9-11-20)14-27-25(31)21-13-24(30)29(17-21)23-7-3-2-6-22(23)26/h2-3,6-11,18,21H,4-5,12-17H2,1H3,(H,27,31). The molecule has 0 radical (unpaired) electrons. The molecule has 2 aliphatic heterocycles. The van der Waals surface area contributed by atoms with E-state index >= 15 is 0 Å². The van der Waals surface area contributed by atoms with Crippen molar-refractivity contribution in [2.45, 2.75) is 39.3 Å². The number of amides is 2. The Hall–Kier alpha value is -2.73. The fraction of sp³-hybridized carbons (Fsp3) is 0.440. The number of benzene rings is 2. The molecule has 2 fully saturated rings. The maximum Gasteiger partial charge on any atom is 0.227 e. The molecule has 2 aliphatic rings. The fourth-order valence-electron chi connectivity index (χ4n) is 4.57. The van der Waals surface area contributed by atoms with Gasteiger partial charge in [0.1, 0.15) is 5.82 Å². The van der Waals surface area contributed by atoms with Crippen molar-refractivity contribution in [3.63, 3.8) is 0 Å². The first-order valence-corrected chi connectivity index (χ1v) is 11.1. The minimum Gasteiger partial charge on any atom is -0.352 e. The van der Waals surface area contributed by atoms with E-state index in [1.807, 2.05) is 0 Å². The van der Waals surface area contributed by atoms with Crippen molar-refractivity contribution in [1.29, 1.82) is 0 Å². The zero-order valence-corrected chi connectivity index (χ0v) is 18.0. The van der Waals surface area contributed by atoms with Crippen LogP contribution in [0.25, 0.3) is 0 Å². The molecule has 0 aliphatic carbocycles. The Kier molecular flexibility index (Phi) is 6.66. The summed E-state index contributed by atoms with van der Waals surface area (Å²) in [5.74, 6) is -0.538. The van der Waals surface area contributed by atoms with Gasteiger partial charge in [-0.25, -0.2) is 4.39 Å². The van der Waals surface area contributed by atoms with Gasteiger partial charge in [-0.15, -0.1) is 0 Å². The first-order chi connectivity index (χ1) is 15.0. The van der Waals surface area contributed by atoms with Crippen LogP contribution >= 0.6 is 0 Å². The summed E-state index contributed by atoms with van der Waals surface area (Å²) in [5.41, 5.74) is 2.55. The third kappa shape index (κ3) is 5.31. The second-order valence-electron chi connectivity index (χ2n) is 8.87. The van der Waals surface area contributed by atoms with Gasteiger partial charge in [0.15, 0.2) is 0 Å². The lowest BCUT2D eigenvalue weighted by atomic mass is 9.99. The van der Waals surface area contributed by atoms with Gasteiger partial charge in [-0.3, -0.25) is 14.5 Å². The van der Waals surface area contributed by atoms with Gasteiger partial charge in [-0.1, -0.05) is 43.3 Å². The van der Waals surface area contributed by atoms with Crippen LogP contribution < -0.4 is 10.2 Å². The minimum absolute atomic E-state index is 0.105. The lowest BCUT2D eigenvalue weighted by Crippen LogP contribution is -2.33. The van der Waals surface area contributed by atoms with Crippen LogP contribution in [0, 0.1) is 17.7 Å². The average Bonchev–Trinajstić information content (AvgIpc) is 3.15. The van der Waals surface area contributed by atoms with Gasteiger partial charge in [0.05, 0.1) is 11.6 Å². The third-order valence-electron chi connectivity index (χ3n) is 6.28. The number of hydrogen-bond acceptors (Lipinski definition) is 3. The number of hydrogen-bond donors (Lipinski definition) is 1. The van der Waals surface area contributed by atoms with E-state index in [2.05, 4.69) is 41.4 Å². The maximum atomic E-state index is 14.0. The molecule has 2 amide bonds. The van der Waals surface area contributed by atoms with Gasteiger partial charge in [-0.05, 0) is 48.6 Å². The second-order valence-corrected chi connectivity index (χ2v) is 8.87. The molecule has 2 heterocycles. The van der Waals surface area contributed by atoms with Crippen LogP contribution in [0.1, 0.15) is 37.3 Å². The van der Waals surface area contributed by atoms with Crippen LogP contribution in [-0.4, -0.2) is 36.3 Å². The quantitative estimate of drug-likeness (QED) is 0.770. The van der Waals surface area contributed by atoms with E-state index in [0.717, 1.165) is 31.1 Å².